The Morgan fingerprint density at radius 2 is 2.10 bits per heavy atom. The van der Waals surface area contributed by atoms with Crippen LogP contribution in [0, 0.1) is 5.92 Å². The van der Waals surface area contributed by atoms with Gasteiger partial charge in [-0.2, -0.15) is 0 Å². The van der Waals surface area contributed by atoms with Crippen molar-refractivity contribution in [2.24, 2.45) is 5.92 Å². The molecule has 1 aliphatic heterocycles. The van der Waals surface area contributed by atoms with Gasteiger partial charge in [-0.25, -0.2) is 13.4 Å². The zero-order valence-corrected chi connectivity index (χ0v) is 20.7. The highest BCUT2D eigenvalue weighted by atomic mass is 32.2. The van der Waals surface area contributed by atoms with Gasteiger partial charge in [0.05, 0.1) is 22.6 Å². The Kier molecular flexibility index (Phi) is 6.52. The van der Waals surface area contributed by atoms with Gasteiger partial charge in [0.1, 0.15) is 4.83 Å². The Hall–Kier alpha value is -1.39. The fourth-order valence-corrected chi connectivity index (χ4v) is 8.77. The Balaban J connectivity index is 1.58. The molecule has 0 N–H and O–H groups in total. The van der Waals surface area contributed by atoms with Crippen LogP contribution in [0.4, 0.5) is 0 Å². The molecular formula is C21H29N3O4S3. The average molecular weight is 484 g/mol. The molecule has 2 aliphatic rings. The van der Waals surface area contributed by atoms with Crippen molar-refractivity contribution in [1.82, 2.24) is 14.5 Å². The van der Waals surface area contributed by atoms with E-state index in [1.165, 1.54) is 22.2 Å². The van der Waals surface area contributed by atoms with Crippen LogP contribution in [0.2, 0.25) is 0 Å². The van der Waals surface area contributed by atoms with Crippen molar-refractivity contribution in [3.05, 3.63) is 20.8 Å². The molecule has 1 aliphatic carbocycles. The maximum atomic E-state index is 13.3. The largest absolute Gasteiger partial charge is 0.338 e. The lowest BCUT2D eigenvalue weighted by Gasteiger charge is -2.26. The van der Waals surface area contributed by atoms with Gasteiger partial charge < -0.3 is 4.90 Å². The molecule has 1 fully saturated rings. The Morgan fingerprint density at radius 3 is 2.74 bits per heavy atom. The molecule has 10 heteroatoms. The molecule has 2 aromatic heterocycles. The first-order valence-electron chi connectivity index (χ1n) is 10.9. The van der Waals surface area contributed by atoms with Gasteiger partial charge in [-0.05, 0) is 51.0 Å². The van der Waals surface area contributed by atoms with Crippen LogP contribution in [0.5, 0.6) is 0 Å². The second kappa shape index (κ2) is 8.86. The van der Waals surface area contributed by atoms with E-state index in [4.69, 9.17) is 4.98 Å². The summed E-state index contributed by atoms with van der Waals surface area (Å²) in [4.78, 5) is 34.7. The first-order valence-corrected chi connectivity index (χ1v) is 14.5. The van der Waals surface area contributed by atoms with Crippen molar-refractivity contribution in [3.63, 3.8) is 0 Å². The number of aromatic nitrogens is 2. The molecule has 7 nitrogen and oxygen atoms in total. The maximum Gasteiger partial charge on any atom is 0.263 e. The zero-order valence-electron chi connectivity index (χ0n) is 18.2. The molecule has 1 saturated heterocycles. The van der Waals surface area contributed by atoms with Gasteiger partial charge in [0, 0.05) is 24.0 Å². The molecule has 0 unspecified atom stereocenters. The van der Waals surface area contributed by atoms with E-state index in [2.05, 4.69) is 6.92 Å². The van der Waals surface area contributed by atoms with E-state index in [1.54, 1.807) is 20.8 Å². The number of aryl methyl sites for hydroxylation is 1. The highest BCUT2D eigenvalue weighted by Gasteiger charge is 2.34. The molecule has 4 rings (SSSR count). The number of nitrogens with zero attached hydrogens (tertiary/aromatic N) is 3. The molecule has 1 amide bonds. The van der Waals surface area contributed by atoms with Crippen molar-refractivity contribution in [3.8, 4) is 0 Å². The fourth-order valence-electron chi connectivity index (χ4n) is 4.66. The molecule has 2 atom stereocenters. The number of carbonyl (C=O) groups excluding carboxylic acids is 1. The smallest absolute Gasteiger partial charge is 0.263 e. The predicted molar refractivity (Wildman–Crippen MR) is 126 cm³/mol. The number of thiophene rings is 1. The number of carbonyl (C=O) groups is 1. The van der Waals surface area contributed by atoms with Crippen molar-refractivity contribution in [2.75, 3.05) is 23.8 Å². The minimum Gasteiger partial charge on any atom is -0.338 e. The molecule has 0 bridgehead atoms. The monoisotopic (exact) mass is 483 g/mol. The summed E-state index contributed by atoms with van der Waals surface area (Å²) >= 11 is 2.89. The Morgan fingerprint density at radius 1 is 1.32 bits per heavy atom. The van der Waals surface area contributed by atoms with Crippen LogP contribution >= 0.6 is 23.1 Å². The summed E-state index contributed by atoms with van der Waals surface area (Å²) in [5.41, 5.74) is 1.16. The van der Waals surface area contributed by atoms with Gasteiger partial charge in [0.15, 0.2) is 15.0 Å². The van der Waals surface area contributed by atoms with Crippen LogP contribution in [-0.4, -0.2) is 58.6 Å². The molecular weight excluding hydrogens is 454 g/mol. The number of sulfone groups is 1. The Bertz CT molecular complexity index is 1170. The molecule has 0 saturated carbocycles. The average Bonchev–Trinajstić information content (AvgIpc) is 3.25. The van der Waals surface area contributed by atoms with Crippen molar-refractivity contribution in [1.29, 1.82) is 0 Å². The minimum absolute atomic E-state index is 0.0104. The van der Waals surface area contributed by atoms with Crippen LogP contribution in [-0.2, 0) is 34.0 Å². The third-order valence-corrected chi connectivity index (χ3v) is 10.2. The van der Waals surface area contributed by atoms with Crippen LogP contribution in [0.3, 0.4) is 0 Å². The standard InChI is InChI=1S/C21H29N3O4S3/c1-4-23(14-8-9-31(27,28)12-14)17(25)11-29-21-22-19-18(20(26)24(21)5-2)15-7-6-13(3)10-16(15)30-19/h13-14H,4-12H2,1-3H3/t13-,14+/m0/s1. The van der Waals surface area contributed by atoms with Crippen LogP contribution in [0.25, 0.3) is 10.2 Å². The predicted octanol–water partition coefficient (Wildman–Crippen LogP) is 2.73. The summed E-state index contributed by atoms with van der Waals surface area (Å²) in [7, 11) is -3.05. The van der Waals surface area contributed by atoms with Gasteiger partial charge >= 0.3 is 0 Å². The first-order chi connectivity index (χ1) is 14.7. The molecule has 170 valence electrons. The lowest BCUT2D eigenvalue weighted by atomic mass is 9.89. The molecule has 3 heterocycles. The number of amides is 1. The second-order valence-corrected chi connectivity index (χ2v) is 12.8. The van der Waals surface area contributed by atoms with Gasteiger partial charge in [0.2, 0.25) is 5.91 Å². The van der Waals surface area contributed by atoms with Crippen LogP contribution in [0.15, 0.2) is 9.95 Å². The SMILES string of the molecule is CCN(C(=O)CSc1nc2sc3c(c2c(=O)n1CC)CC[C@H](C)C3)[C@@H]1CCS(=O)(=O)C1. The molecule has 0 aromatic carbocycles. The van der Waals surface area contributed by atoms with E-state index < -0.39 is 9.84 Å². The molecule has 0 radical (unpaired) electrons. The molecule has 2 aromatic rings. The van der Waals surface area contributed by atoms with Crippen molar-refractivity contribution in [2.45, 2.75) is 64.2 Å². The molecule has 0 spiro atoms. The number of fused-ring (bicyclic) bond motifs is 3. The number of rotatable bonds is 6. The second-order valence-electron chi connectivity index (χ2n) is 8.50. The van der Waals surface area contributed by atoms with Crippen LogP contribution < -0.4 is 5.56 Å². The van der Waals surface area contributed by atoms with E-state index in [0.29, 0.717) is 30.6 Å². The summed E-state index contributed by atoms with van der Waals surface area (Å²) in [5.74, 6) is 0.847. The number of hydrogen-bond acceptors (Lipinski definition) is 7. The fraction of sp³-hybridized carbons (Fsp3) is 0.667. The number of hydrogen-bond donors (Lipinski definition) is 0. The Labute approximate surface area is 191 Å². The van der Waals surface area contributed by atoms with Gasteiger partial charge in [0.25, 0.3) is 5.56 Å². The minimum atomic E-state index is -3.05. The van der Waals surface area contributed by atoms with E-state index in [-0.39, 0.29) is 34.8 Å². The summed E-state index contributed by atoms with van der Waals surface area (Å²) in [6.07, 6.45) is 3.52. The summed E-state index contributed by atoms with van der Waals surface area (Å²) in [5, 5.41) is 1.32. The van der Waals surface area contributed by atoms with Gasteiger partial charge in [-0.1, -0.05) is 18.7 Å². The quantitative estimate of drug-likeness (QED) is 0.464. The van der Waals surface area contributed by atoms with Crippen molar-refractivity contribution >= 4 is 49.1 Å². The summed E-state index contributed by atoms with van der Waals surface area (Å²) in [6.45, 7) is 7.01. The summed E-state index contributed by atoms with van der Waals surface area (Å²) in [6, 6.07) is -0.252. The topological polar surface area (TPSA) is 89.3 Å². The highest BCUT2D eigenvalue weighted by molar-refractivity contribution is 7.99. The third kappa shape index (κ3) is 4.43. The zero-order chi connectivity index (χ0) is 22.3. The molecule has 31 heavy (non-hydrogen) atoms. The summed E-state index contributed by atoms with van der Waals surface area (Å²) < 4.78 is 25.3. The van der Waals surface area contributed by atoms with Gasteiger partial charge in [-0.15, -0.1) is 11.3 Å². The third-order valence-electron chi connectivity index (χ3n) is 6.33. The maximum absolute atomic E-state index is 13.3. The lowest BCUT2D eigenvalue weighted by molar-refractivity contribution is -0.129. The first kappa shape index (κ1) is 22.8. The van der Waals surface area contributed by atoms with Gasteiger partial charge in [-0.3, -0.25) is 14.2 Å². The van der Waals surface area contributed by atoms with Crippen molar-refractivity contribution < 1.29 is 13.2 Å². The lowest BCUT2D eigenvalue weighted by Crippen LogP contribution is -2.42. The number of thioether (sulfide) groups is 1. The normalized spacial score (nSPS) is 22.5. The van der Waals surface area contributed by atoms with E-state index in [0.717, 1.165) is 29.5 Å². The van der Waals surface area contributed by atoms with E-state index in [1.807, 2.05) is 13.8 Å². The highest BCUT2D eigenvalue weighted by Crippen LogP contribution is 2.36. The van der Waals surface area contributed by atoms with Crippen LogP contribution in [0.1, 0.15) is 44.1 Å². The van der Waals surface area contributed by atoms with E-state index >= 15 is 0 Å². The van der Waals surface area contributed by atoms with E-state index in [9.17, 15) is 18.0 Å².